The van der Waals surface area contributed by atoms with E-state index in [9.17, 15) is 0 Å². The first kappa shape index (κ1) is 9.85. The molecule has 2 heterocycles. The van der Waals surface area contributed by atoms with Crippen molar-refractivity contribution in [3.05, 3.63) is 30.0 Å². The molecule has 1 N–H and O–H groups in total. The molecule has 0 spiro atoms. The molecular weight excluding hydrogens is 198 g/mol. The van der Waals surface area contributed by atoms with Crippen LogP contribution in [0.3, 0.4) is 0 Å². The van der Waals surface area contributed by atoms with Gasteiger partial charge >= 0.3 is 0 Å². The first-order valence-electron chi connectivity index (χ1n) is 5.94. The number of nitrogens with one attached hydrogen (secondary N) is 1. The third-order valence-corrected chi connectivity index (χ3v) is 3.66. The number of fused-ring (bicyclic) bond motifs is 1. The van der Waals surface area contributed by atoms with E-state index in [1.54, 1.807) is 0 Å². The maximum atomic E-state index is 4.07. The maximum Gasteiger partial charge on any atom is 0.0653 e. The van der Waals surface area contributed by atoms with Crippen molar-refractivity contribution in [2.24, 2.45) is 0 Å². The van der Waals surface area contributed by atoms with Crippen LogP contribution >= 0.6 is 0 Å². The average Bonchev–Trinajstić information content (AvgIpc) is 2.77. The predicted octanol–water partition coefficient (Wildman–Crippen LogP) is 2.37. The van der Waals surface area contributed by atoms with Crippen LogP contribution < -0.4 is 0 Å². The van der Waals surface area contributed by atoms with Gasteiger partial charge in [0.1, 0.15) is 0 Å². The largest absolute Gasteiger partial charge is 0.306 e. The number of hydrogen-bond acceptors (Lipinski definition) is 2. The van der Waals surface area contributed by atoms with Crippen molar-refractivity contribution in [1.82, 2.24) is 15.1 Å². The van der Waals surface area contributed by atoms with E-state index in [0.29, 0.717) is 0 Å². The topological polar surface area (TPSA) is 31.9 Å². The van der Waals surface area contributed by atoms with Crippen molar-refractivity contribution in [3.63, 3.8) is 0 Å². The zero-order valence-corrected chi connectivity index (χ0v) is 9.61. The van der Waals surface area contributed by atoms with Crippen molar-refractivity contribution < 1.29 is 0 Å². The molecule has 1 fully saturated rings. The summed E-state index contributed by atoms with van der Waals surface area (Å²) in [6, 6.07) is 6.69. The highest BCUT2D eigenvalue weighted by molar-refractivity contribution is 5.78. The van der Waals surface area contributed by atoms with E-state index in [4.69, 9.17) is 0 Å². The Morgan fingerprint density at radius 2 is 2.12 bits per heavy atom. The maximum absolute atomic E-state index is 4.07. The highest BCUT2D eigenvalue weighted by Gasteiger charge is 2.18. The number of aromatic amines is 1. The molecular formula is C13H17N3. The number of likely N-dealkylation sites (tertiary alicyclic amines) is 1. The van der Waals surface area contributed by atoms with E-state index in [0.717, 1.165) is 11.4 Å². The van der Waals surface area contributed by atoms with E-state index < -0.39 is 0 Å². The predicted molar refractivity (Wildman–Crippen MR) is 65.6 cm³/mol. The fraction of sp³-hybridized carbons (Fsp3) is 0.462. The Balaban J connectivity index is 1.87. The third-order valence-electron chi connectivity index (χ3n) is 3.66. The third kappa shape index (κ3) is 1.71. The first-order valence-corrected chi connectivity index (χ1v) is 5.94. The molecule has 0 amide bonds. The molecule has 3 rings (SSSR count). The first-order chi connectivity index (χ1) is 7.83. The van der Waals surface area contributed by atoms with E-state index in [-0.39, 0.29) is 0 Å². The van der Waals surface area contributed by atoms with Crippen molar-refractivity contribution >= 4 is 10.9 Å². The summed E-state index contributed by atoms with van der Waals surface area (Å²) in [7, 11) is 2.20. The minimum absolute atomic E-state index is 0.726. The Kier molecular flexibility index (Phi) is 2.40. The molecule has 3 nitrogen and oxygen atoms in total. The molecule has 2 aromatic rings. The molecule has 84 valence electrons. The molecule has 0 saturated carbocycles. The van der Waals surface area contributed by atoms with Gasteiger partial charge in [0.2, 0.25) is 0 Å². The summed E-state index contributed by atoms with van der Waals surface area (Å²) in [4.78, 5) is 2.41. The molecule has 0 atom stereocenters. The molecule has 1 aliphatic rings. The zero-order valence-electron chi connectivity index (χ0n) is 9.61. The van der Waals surface area contributed by atoms with E-state index in [1.807, 2.05) is 6.20 Å². The molecule has 1 aromatic carbocycles. The lowest BCUT2D eigenvalue weighted by molar-refractivity contribution is 0.255. The van der Waals surface area contributed by atoms with Crippen LogP contribution in [0.5, 0.6) is 0 Å². The average molecular weight is 215 g/mol. The van der Waals surface area contributed by atoms with Crippen molar-refractivity contribution in [2.45, 2.75) is 18.8 Å². The highest BCUT2D eigenvalue weighted by atomic mass is 15.1. The summed E-state index contributed by atoms with van der Waals surface area (Å²) >= 11 is 0. The van der Waals surface area contributed by atoms with Crippen LogP contribution in [-0.2, 0) is 0 Å². The highest BCUT2D eigenvalue weighted by Crippen LogP contribution is 2.29. The minimum Gasteiger partial charge on any atom is -0.306 e. The van der Waals surface area contributed by atoms with Gasteiger partial charge in [0, 0.05) is 5.39 Å². The van der Waals surface area contributed by atoms with Crippen LogP contribution in [0.1, 0.15) is 24.3 Å². The van der Waals surface area contributed by atoms with Gasteiger partial charge in [0.25, 0.3) is 0 Å². The van der Waals surface area contributed by atoms with Gasteiger partial charge in [-0.2, -0.15) is 5.10 Å². The molecule has 0 aliphatic carbocycles. The summed E-state index contributed by atoms with van der Waals surface area (Å²) in [5.41, 5.74) is 2.63. The number of benzene rings is 1. The second kappa shape index (κ2) is 3.91. The molecule has 1 aliphatic heterocycles. The van der Waals surface area contributed by atoms with Gasteiger partial charge in [0.05, 0.1) is 11.7 Å². The second-order valence-electron chi connectivity index (χ2n) is 4.79. The van der Waals surface area contributed by atoms with E-state index >= 15 is 0 Å². The lowest BCUT2D eigenvalue weighted by Crippen LogP contribution is -2.29. The van der Waals surface area contributed by atoms with Gasteiger partial charge in [-0.3, -0.25) is 5.10 Å². The Morgan fingerprint density at radius 1 is 1.31 bits per heavy atom. The van der Waals surface area contributed by atoms with Gasteiger partial charge in [-0.05, 0) is 50.5 Å². The molecule has 16 heavy (non-hydrogen) atoms. The summed E-state index contributed by atoms with van der Waals surface area (Å²) in [5, 5.41) is 8.32. The summed E-state index contributed by atoms with van der Waals surface area (Å²) < 4.78 is 0. The Morgan fingerprint density at radius 3 is 2.94 bits per heavy atom. The Hall–Kier alpha value is -1.35. The van der Waals surface area contributed by atoms with Gasteiger partial charge in [-0.15, -0.1) is 0 Å². The number of piperidine rings is 1. The molecule has 0 bridgehead atoms. The smallest absolute Gasteiger partial charge is 0.0653 e. The molecule has 0 unspecified atom stereocenters. The molecule has 1 aromatic heterocycles. The van der Waals surface area contributed by atoms with Crippen molar-refractivity contribution in [2.75, 3.05) is 20.1 Å². The van der Waals surface area contributed by atoms with E-state index in [2.05, 4.69) is 40.3 Å². The number of H-pyrrole nitrogens is 1. The number of aromatic nitrogens is 2. The van der Waals surface area contributed by atoms with Gasteiger partial charge in [0.15, 0.2) is 0 Å². The van der Waals surface area contributed by atoms with Crippen LogP contribution in [0.15, 0.2) is 24.4 Å². The fourth-order valence-electron chi connectivity index (χ4n) is 2.55. The number of nitrogens with zero attached hydrogens (tertiary/aromatic N) is 2. The van der Waals surface area contributed by atoms with Gasteiger partial charge in [-0.25, -0.2) is 0 Å². The van der Waals surface area contributed by atoms with Crippen LogP contribution in [0.25, 0.3) is 10.9 Å². The normalized spacial score (nSPS) is 19.3. The standard InChI is InChI=1S/C13H17N3/c1-16-6-4-10(5-7-16)11-2-3-12-9-14-15-13(12)8-11/h2-3,8-10H,4-7H2,1H3,(H,14,15). The second-order valence-corrected chi connectivity index (χ2v) is 4.79. The van der Waals surface area contributed by atoms with Crippen molar-refractivity contribution in [3.8, 4) is 0 Å². The lowest BCUT2D eigenvalue weighted by Gasteiger charge is -2.29. The monoisotopic (exact) mass is 215 g/mol. The number of hydrogen-bond donors (Lipinski definition) is 1. The fourth-order valence-corrected chi connectivity index (χ4v) is 2.55. The lowest BCUT2D eigenvalue weighted by atomic mass is 9.89. The summed E-state index contributed by atoms with van der Waals surface area (Å²) in [6.45, 7) is 2.43. The van der Waals surface area contributed by atoms with Gasteiger partial charge in [-0.1, -0.05) is 12.1 Å². The Labute approximate surface area is 95.5 Å². The molecule has 3 heteroatoms. The summed E-state index contributed by atoms with van der Waals surface area (Å²) in [6.07, 6.45) is 4.43. The summed E-state index contributed by atoms with van der Waals surface area (Å²) in [5.74, 6) is 0.726. The number of rotatable bonds is 1. The van der Waals surface area contributed by atoms with Crippen molar-refractivity contribution in [1.29, 1.82) is 0 Å². The van der Waals surface area contributed by atoms with Gasteiger partial charge < -0.3 is 4.90 Å². The van der Waals surface area contributed by atoms with Crippen LogP contribution in [0.2, 0.25) is 0 Å². The minimum atomic E-state index is 0.726. The zero-order chi connectivity index (χ0) is 11.0. The van der Waals surface area contributed by atoms with Crippen LogP contribution in [0.4, 0.5) is 0 Å². The Bertz CT molecular complexity index is 481. The van der Waals surface area contributed by atoms with Crippen LogP contribution in [0, 0.1) is 0 Å². The molecule has 1 saturated heterocycles. The van der Waals surface area contributed by atoms with Crippen LogP contribution in [-0.4, -0.2) is 35.2 Å². The SMILES string of the molecule is CN1CCC(c2ccc3cn[nH]c3c2)CC1. The molecule has 0 radical (unpaired) electrons. The van der Waals surface area contributed by atoms with E-state index in [1.165, 1.54) is 36.9 Å². The quantitative estimate of drug-likeness (QED) is 0.792.